The summed E-state index contributed by atoms with van der Waals surface area (Å²) in [5.41, 5.74) is 1.23. The van der Waals surface area contributed by atoms with Gasteiger partial charge in [-0.2, -0.15) is 0 Å². The number of para-hydroxylation sites is 1. The molecule has 2 aromatic carbocycles. The smallest absolute Gasteiger partial charge is 0.342 e. The van der Waals surface area contributed by atoms with Crippen LogP contribution in [-0.4, -0.2) is 24.5 Å². The number of amides is 1. The third kappa shape index (κ3) is 4.43. The van der Waals surface area contributed by atoms with E-state index in [1.165, 1.54) is 13.0 Å². The van der Waals surface area contributed by atoms with Gasteiger partial charge in [0.05, 0.1) is 5.39 Å². The maximum Gasteiger partial charge on any atom is 0.342 e. The van der Waals surface area contributed by atoms with Crippen molar-refractivity contribution in [3.05, 3.63) is 69.9 Å². The number of nitrogens with one attached hydrogen (secondary N) is 1. The molecule has 6 heteroatoms. The first-order valence-electron chi connectivity index (χ1n) is 9.90. The second-order valence-corrected chi connectivity index (χ2v) is 7.62. The van der Waals surface area contributed by atoms with Crippen LogP contribution in [0.25, 0.3) is 22.3 Å². The van der Waals surface area contributed by atoms with Gasteiger partial charge in [-0.1, -0.05) is 50.2 Å². The molecule has 1 aromatic heterocycles. The van der Waals surface area contributed by atoms with Crippen molar-refractivity contribution in [2.45, 2.75) is 33.8 Å². The van der Waals surface area contributed by atoms with Crippen molar-refractivity contribution in [2.75, 3.05) is 6.54 Å². The summed E-state index contributed by atoms with van der Waals surface area (Å²) in [7, 11) is 0. The number of esters is 1. The molecule has 0 aliphatic heterocycles. The average molecular weight is 407 g/mol. The SMILES string of the molecule is Cc1c(-c2ccccc2)oc2c(C(=O)O[C@@H](C)C(=O)NCC(C)C)cccc2c1=O. The van der Waals surface area contributed by atoms with Crippen molar-refractivity contribution < 1.29 is 18.7 Å². The summed E-state index contributed by atoms with van der Waals surface area (Å²) in [5, 5.41) is 3.02. The standard InChI is InChI=1S/C24H25NO5/c1-14(2)13-25-23(27)16(4)29-24(28)19-12-8-11-18-20(26)15(3)21(30-22(18)19)17-9-6-5-7-10-17/h5-12,14,16H,13H2,1-4H3,(H,25,27)/t16-/m0/s1. The van der Waals surface area contributed by atoms with Crippen LogP contribution in [0, 0.1) is 12.8 Å². The number of hydrogen-bond donors (Lipinski definition) is 1. The highest BCUT2D eigenvalue weighted by molar-refractivity contribution is 6.03. The Bertz CT molecular complexity index is 1130. The molecule has 6 nitrogen and oxygen atoms in total. The summed E-state index contributed by atoms with van der Waals surface area (Å²) in [4.78, 5) is 37.8. The molecule has 1 heterocycles. The molecule has 1 N–H and O–H groups in total. The summed E-state index contributed by atoms with van der Waals surface area (Å²) in [6, 6.07) is 14.0. The second kappa shape index (κ2) is 8.95. The molecular formula is C24H25NO5. The third-order valence-electron chi connectivity index (χ3n) is 4.74. The molecule has 3 rings (SSSR count). The second-order valence-electron chi connectivity index (χ2n) is 7.62. The Morgan fingerprint density at radius 2 is 1.73 bits per heavy atom. The Balaban J connectivity index is 1.98. The molecule has 156 valence electrons. The first kappa shape index (κ1) is 21.3. The number of hydrogen-bond acceptors (Lipinski definition) is 5. The molecule has 0 aliphatic rings. The van der Waals surface area contributed by atoms with Crippen molar-refractivity contribution in [1.82, 2.24) is 5.32 Å². The first-order valence-corrected chi connectivity index (χ1v) is 9.90. The zero-order valence-corrected chi connectivity index (χ0v) is 17.5. The lowest BCUT2D eigenvalue weighted by atomic mass is 10.0. The van der Waals surface area contributed by atoms with Crippen molar-refractivity contribution >= 4 is 22.8 Å². The topological polar surface area (TPSA) is 85.6 Å². The fourth-order valence-electron chi connectivity index (χ4n) is 3.06. The van der Waals surface area contributed by atoms with E-state index >= 15 is 0 Å². The van der Waals surface area contributed by atoms with Gasteiger partial charge in [0.2, 0.25) is 0 Å². The van der Waals surface area contributed by atoms with Crippen LogP contribution in [-0.2, 0) is 9.53 Å². The van der Waals surface area contributed by atoms with E-state index in [4.69, 9.17) is 9.15 Å². The minimum atomic E-state index is -0.975. The van der Waals surface area contributed by atoms with E-state index in [2.05, 4.69) is 5.32 Å². The predicted octanol–water partition coefficient (Wildman–Crippen LogP) is 4.09. The number of rotatable bonds is 6. The largest absolute Gasteiger partial charge is 0.455 e. The van der Waals surface area contributed by atoms with Gasteiger partial charge in [-0.3, -0.25) is 9.59 Å². The zero-order valence-electron chi connectivity index (χ0n) is 17.5. The van der Waals surface area contributed by atoms with E-state index in [0.29, 0.717) is 23.3 Å². The lowest BCUT2D eigenvalue weighted by molar-refractivity contribution is -0.129. The Kier molecular flexibility index (Phi) is 6.35. The number of fused-ring (bicyclic) bond motifs is 1. The van der Waals surface area contributed by atoms with Crippen LogP contribution in [0.4, 0.5) is 0 Å². The Hall–Kier alpha value is -3.41. The molecule has 1 amide bonds. The molecule has 0 bridgehead atoms. The van der Waals surface area contributed by atoms with Crippen LogP contribution < -0.4 is 10.7 Å². The summed E-state index contributed by atoms with van der Waals surface area (Å²) < 4.78 is 11.4. The van der Waals surface area contributed by atoms with Crippen LogP contribution in [0.2, 0.25) is 0 Å². The van der Waals surface area contributed by atoms with Crippen molar-refractivity contribution in [3.63, 3.8) is 0 Å². The van der Waals surface area contributed by atoms with Crippen LogP contribution in [0.3, 0.4) is 0 Å². The minimum Gasteiger partial charge on any atom is -0.455 e. The molecule has 0 radical (unpaired) electrons. The van der Waals surface area contributed by atoms with E-state index in [1.807, 2.05) is 44.2 Å². The fraction of sp³-hybridized carbons (Fsp3) is 0.292. The van der Waals surface area contributed by atoms with Crippen molar-refractivity contribution in [3.8, 4) is 11.3 Å². The van der Waals surface area contributed by atoms with Crippen LogP contribution >= 0.6 is 0 Å². The normalized spacial score (nSPS) is 12.0. The molecule has 0 aliphatic carbocycles. The van der Waals surface area contributed by atoms with E-state index in [0.717, 1.165) is 5.56 Å². The summed E-state index contributed by atoms with van der Waals surface area (Å²) >= 11 is 0. The third-order valence-corrected chi connectivity index (χ3v) is 4.74. The van der Waals surface area contributed by atoms with Gasteiger partial charge in [0, 0.05) is 17.7 Å². The van der Waals surface area contributed by atoms with Gasteiger partial charge in [-0.15, -0.1) is 0 Å². The number of carbonyl (C=O) groups excluding carboxylic acids is 2. The highest BCUT2D eigenvalue weighted by atomic mass is 16.5. The quantitative estimate of drug-likeness (QED) is 0.622. The maximum absolute atomic E-state index is 12.9. The molecule has 3 aromatic rings. The first-order chi connectivity index (χ1) is 14.3. The van der Waals surface area contributed by atoms with Gasteiger partial charge >= 0.3 is 5.97 Å². The minimum absolute atomic E-state index is 0.102. The Morgan fingerprint density at radius 1 is 1.03 bits per heavy atom. The summed E-state index contributed by atoms with van der Waals surface area (Å²) in [6.07, 6.45) is -0.975. The van der Waals surface area contributed by atoms with E-state index < -0.39 is 12.1 Å². The number of benzene rings is 2. The van der Waals surface area contributed by atoms with Crippen LogP contribution in [0.15, 0.2) is 57.7 Å². The lowest BCUT2D eigenvalue weighted by Gasteiger charge is -2.15. The lowest BCUT2D eigenvalue weighted by Crippen LogP contribution is -2.37. The fourth-order valence-corrected chi connectivity index (χ4v) is 3.06. The van der Waals surface area contributed by atoms with Gasteiger partial charge in [0.25, 0.3) is 5.91 Å². The highest BCUT2D eigenvalue weighted by Crippen LogP contribution is 2.27. The average Bonchev–Trinajstić information content (AvgIpc) is 2.74. The van der Waals surface area contributed by atoms with E-state index in [-0.39, 0.29) is 28.4 Å². The van der Waals surface area contributed by atoms with Crippen LogP contribution in [0.1, 0.15) is 36.7 Å². The van der Waals surface area contributed by atoms with Gasteiger partial charge in [-0.05, 0) is 31.9 Å². The zero-order chi connectivity index (χ0) is 21.8. The molecular weight excluding hydrogens is 382 g/mol. The number of ether oxygens (including phenoxy) is 1. The molecule has 30 heavy (non-hydrogen) atoms. The number of carbonyl (C=O) groups is 2. The molecule has 1 atom stereocenters. The van der Waals surface area contributed by atoms with E-state index in [1.54, 1.807) is 19.1 Å². The molecule has 0 spiro atoms. The van der Waals surface area contributed by atoms with Gasteiger partial charge < -0.3 is 14.5 Å². The van der Waals surface area contributed by atoms with Gasteiger partial charge in [-0.25, -0.2) is 4.79 Å². The Labute approximate surface area is 174 Å². The van der Waals surface area contributed by atoms with Gasteiger partial charge in [0.1, 0.15) is 11.3 Å². The highest BCUT2D eigenvalue weighted by Gasteiger charge is 2.23. The van der Waals surface area contributed by atoms with Crippen molar-refractivity contribution in [2.24, 2.45) is 5.92 Å². The molecule has 0 saturated carbocycles. The van der Waals surface area contributed by atoms with E-state index in [9.17, 15) is 14.4 Å². The summed E-state index contributed by atoms with van der Waals surface area (Å²) in [6.45, 7) is 7.64. The molecule has 0 unspecified atom stereocenters. The summed E-state index contributed by atoms with van der Waals surface area (Å²) in [5.74, 6) is -0.418. The Morgan fingerprint density at radius 3 is 2.40 bits per heavy atom. The predicted molar refractivity (Wildman–Crippen MR) is 115 cm³/mol. The van der Waals surface area contributed by atoms with Gasteiger partial charge in [0.15, 0.2) is 17.1 Å². The molecule has 0 fully saturated rings. The maximum atomic E-state index is 12.9. The molecule has 0 saturated heterocycles. The van der Waals surface area contributed by atoms with Crippen LogP contribution in [0.5, 0.6) is 0 Å². The van der Waals surface area contributed by atoms with Crippen molar-refractivity contribution in [1.29, 1.82) is 0 Å². The monoisotopic (exact) mass is 407 g/mol.